The summed E-state index contributed by atoms with van der Waals surface area (Å²) in [5, 5.41) is 7.31. The number of hydrogen-bond donors (Lipinski definition) is 1. The van der Waals surface area contributed by atoms with Crippen LogP contribution in [-0.2, 0) is 12.7 Å². The normalized spacial score (nSPS) is 14.4. The number of hydrogen-bond acceptors (Lipinski definition) is 6. The van der Waals surface area contributed by atoms with Crippen molar-refractivity contribution in [2.24, 2.45) is 0 Å². The largest absolute Gasteiger partial charge is 0.416 e. The first-order valence-electron chi connectivity index (χ1n) is 14.6. The van der Waals surface area contributed by atoms with Crippen LogP contribution in [-0.4, -0.2) is 68.7 Å². The Bertz CT molecular complexity index is 1810. The van der Waals surface area contributed by atoms with Gasteiger partial charge < -0.3 is 10.2 Å². The minimum Gasteiger partial charge on any atom is -0.322 e. The Balaban J connectivity index is 1.21. The minimum absolute atomic E-state index is 0.0606. The highest BCUT2D eigenvalue weighted by Gasteiger charge is 2.34. The van der Waals surface area contributed by atoms with Crippen molar-refractivity contribution in [1.29, 1.82) is 0 Å². The van der Waals surface area contributed by atoms with E-state index in [1.165, 1.54) is 12.1 Å². The number of rotatable bonds is 7. The summed E-state index contributed by atoms with van der Waals surface area (Å²) in [6, 6.07) is 15.0. The van der Waals surface area contributed by atoms with E-state index in [1.54, 1.807) is 47.8 Å². The molecule has 4 heterocycles. The molecule has 11 heteroatoms. The summed E-state index contributed by atoms with van der Waals surface area (Å²) in [6.07, 6.45) is 6.04. The summed E-state index contributed by atoms with van der Waals surface area (Å²) >= 11 is 0. The minimum atomic E-state index is -4.58. The zero-order chi connectivity index (χ0) is 31.6. The van der Waals surface area contributed by atoms with E-state index in [1.807, 2.05) is 49.3 Å². The van der Waals surface area contributed by atoms with Crippen LogP contribution >= 0.6 is 0 Å². The van der Waals surface area contributed by atoms with Gasteiger partial charge in [0.25, 0.3) is 5.91 Å². The number of nitrogens with one attached hydrogen (secondary N) is 1. The highest BCUT2D eigenvalue weighted by Crippen LogP contribution is 2.34. The van der Waals surface area contributed by atoms with E-state index < -0.39 is 17.6 Å². The third-order valence-electron chi connectivity index (χ3n) is 8.05. The van der Waals surface area contributed by atoms with Gasteiger partial charge in [-0.15, -0.1) is 0 Å². The van der Waals surface area contributed by atoms with Crippen LogP contribution in [0.5, 0.6) is 0 Å². The molecule has 45 heavy (non-hydrogen) atoms. The molecule has 8 nitrogen and oxygen atoms in total. The van der Waals surface area contributed by atoms with Crippen molar-refractivity contribution < 1.29 is 18.0 Å². The topological polar surface area (TPSA) is 79.2 Å². The molecule has 1 aliphatic rings. The summed E-state index contributed by atoms with van der Waals surface area (Å²) in [4.78, 5) is 25.8. The highest BCUT2D eigenvalue weighted by molar-refractivity contribution is 6.04. The van der Waals surface area contributed by atoms with E-state index in [-0.39, 0.29) is 17.7 Å². The van der Waals surface area contributed by atoms with Crippen molar-refractivity contribution in [1.82, 2.24) is 29.5 Å². The molecule has 0 spiro atoms. The number of aryl methyl sites for hydroxylation is 1. The lowest BCUT2D eigenvalue weighted by molar-refractivity contribution is -0.138. The van der Waals surface area contributed by atoms with E-state index in [4.69, 9.17) is 0 Å². The predicted molar refractivity (Wildman–Crippen MR) is 167 cm³/mol. The Morgan fingerprint density at radius 2 is 1.58 bits per heavy atom. The first kappa shape index (κ1) is 30.2. The van der Waals surface area contributed by atoms with Gasteiger partial charge in [0.05, 0.1) is 17.4 Å². The number of aromatic nitrogens is 4. The van der Waals surface area contributed by atoms with Gasteiger partial charge in [0.1, 0.15) is 0 Å². The molecule has 2 aromatic carbocycles. The number of halogens is 3. The second-order valence-corrected chi connectivity index (χ2v) is 11.3. The molecule has 0 bridgehead atoms. The van der Waals surface area contributed by atoms with Gasteiger partial charge in [-0.3, -0.25) is 19.7 Å². The van der Waals surface area contributed by atoms with Crippen LogP contribution in [0.3, 0.4) is 0 Å². The van der Waals surface area contributed by atoms with Crippen LogP contribution in [0.2, 0.25) is 0 Å². The molecule has 1 saturated heterocycles. The third-order valence-corrected chi connectivity index (χ3v) is 8.05. The molecular formula is C34H32F3N7O. The van der Waals surface area contributed by atoms with Gasteiger partial charge in [-0.2, -0.15) is 18.3 Å². The number of alkyl halides is 3. The first-order chi connectivity index (χ1) is 21.6. The Labute approximate surface area is 259 Å². The van der Waals surface area contributed by atoms with Gasteiger partial charge in [-0.25, -0.2) is 4.68 Å². The quantitative estimate of drug-likeness (QED) is 0.232. The SMILES string of the molecule is Cc1ccc(NC(=O)c2ccc(CN3CCN(C)CC3)c(C(F)(F)F)c2)cc1-n1cc(-c2cncc(-c3ccncc3)c2)cn1. The molecule has 1 amide bonds. The summed E-state index contributed by atoms with van der Waals surface area (Å²) < 4.78 is 43.9. The van der Waals surface area contributed by atoms with Crippen molar-refractivity contribution in [3.63, 3.8) is 0 Å². The van der Waals surface area contributed by atoms with Gasteiger partial charge in [-0.05, 0) is 73.1 Å². The molecule has 0 atom stereocenters. The number of carbonyl (C=O) groups is 1. The van der Waals surface area contributed by atoms with Crippen LogP contribution in [0.15, 0.2) is 91.8 Å². The highest BCUT2D eigenvalue weighted by atomic mass is 19.4. The zero-order valence-electron chi connectivity index (χ0n) is 24.9. The fourth-order valence-electron chi connectivity index (χ4n) is 5.41. The summed E-state index contributed by atoms with van der Waals surface area (Å²) in [6.45, 7) is 5.09. The average molecular weight is 612 g/mol. The Hall–Kier alpha value is -4.87. The molecule has 6 rings (SSSR count). The van der Waals surface area contributed by atoms with Crippen molar-refractivity contribution in [2.45, 2.75) is 19.6 Å². The molecule has 3 aromatic heterocycles. The van der Waals surface area contributed by atoms with E-state index >= 15 is 0 Å². The molecule has 0 unspecified atom stereocenters. The summed E-state index contributed by atoms with van der Waals surface area (Å²) in [5.41, 5.74) is 5.06. The lowest BCUT2D eigenvalue weighted by Crippen LogP contribution is -2.44. The monoisotopic (exact) mass is 611 g/mol. The summed E-state index contributed by atoms with van der Waals surface area (Å²) in [7, 11) is 2.00. The fourth-order valence-corrected chi connectivity index (χ4v) is 5.41. The number of anilines is 1. The molecule has 0 aliphatic carbocycles. The number of benzene rings is 2. The van der Waals surface area contributed by atoms with Gasteiger partial charge in [0, 0.05) is 91.6 Å². The van der Waals surface area contributed by atoms with E-state index in [2.05, 4.69) is 25.3 Å². The fraction of sp³-hybridized carbons (Fsp3) is 0.235. The van der Waals surface area contributed by atoms with Gasteiger partial charge >= 0.3 is 6.18 Å². The smallest absolute Gasteiger partial charge is 0.322 e. The van der Waals surface area contributed by atoms with Crippen LogP contribution in [0.1, 0.15) is 27.0 Å². The number of nitrogens with zero attached hydrogens (tertiary/aromatic N) is 6. The second kappa shape index (κ2) is 12.6. The maximum absolute atomic E-state index is 14.1. The maximum atomic E-state index is 14.1. The molecule has 1 aliphatic heterocycles. The molecule has 1 N–H and O–H groups in total. The lowest BCUT2D eigenvalue weighted by atomic mass is 10.0. The van der Waals surface area contributed by atoms with E-state index in [0.717, 1.165) is 52.7 Å². The predicted octanol–water partition coefficient (Wildman–Crippen LogP) is 6.32. The Morgan fingerprint density at radius 3 is 2.31 bits per heavy atom. The van der Waals surface area contributed by atoms with Crippen LogP contribution in [0.4, 0.5) is 18.9 Å². The zero-order valence-corrected chi connectivity index (χ0v) is 24.9. The molecule has 5 aromatic rings. The Kier molecular flexibility index (Phi) is 8.46. The van der Waals surface area contributed by atoms with E-state index in [9.17, 15) is 18.0 Å². The van der Waals surface area contributed by atoms with Crippen molar-refractivity contribution in [2.75, 3.05) is 38.5 Å². The number of pyridine rings is 2. The molecule has 230 valence electrons. The molecular weight excluding hydrogens is 579 g/mol. The molecule has 1 fully saturated rings. The maximum Gasteiger partial charge on any atom is 0.416 e. The number of piperazine rings is 1. The van der Waals surface area contributed by atoms with E-state index in [0.29, 0.717) is 18.8 Å². The second-order valence-electron chi connectivity index (χ2n) is 11.3. The average Bonchev–Trinajstić information content (AvgIpc) is 3.53. The molecule has 0 saturated carbocycles. The standard InChI is InChI=1S/C34H32F3N7O/c1-23-3-6-30(17-32(23)44-22-29(20-40-44)28-15-27(18-39-19-28)24-7-9-38-10-8-24)41-33(45)25-4-5-26(31(16-25)34(35,36)37)21-43-13-11-42(2)12-14-43/h3-10,15-20,22H,11-14,21H2,1-2H3,(H,41,45). The van der Waals surface area contributed by atoms with Crippen LogP contribution in [0.25, 0.3) is 27.9 Å². The van der Waals surface area contributed by atoms with Crippen LogP contribution < -0.4 is 5.32 Å². The number of amides is 1. The Morgan fingerprint density at radius 1 is 0.844 bits per heavy atom. The van der Waals surface area contributed by atoms with Gasteiger partial charge in [0.2, 0.25) is 0 Å². The number of likely N-dealkylation sites (N-methyl/N-ethyl adjacent to an activating group) is 1. The van der Waals surface area contributed by atoms with Gasteiger partial charge in [0.15, 0.2) is 0 Å². The van der Waals surface area contributed by atoms with Crippen molar-refractivity contribution >= 4 is 11.6 Å². The first-order valence-corrected chi connectivity index (χ1v) is 14.6. The molecule has 0 radical (unpaired) electrons. The van der Waals surface area contributed by atoms with Crippen molar-refractivity contribution in [3.05, 3.63) is 114 Å². The van der Waals surface area contributed by atoms with Gasteiger partial charge in [-0.1, -0.05) is 12.1 Å². The third kappa shape index (κ3) is 6.95. The number of carbonyl (C=O) groups excluding carboxylic acids is 1. The van der Waals surface area contributed by atoms with Crippen molar-refractivity contribution in [3.8, 4) is 27.9 Å². The summed E-state index contributed by atoms with van der Waals surface area (Å²) in [5.74, 6) is -0.624. The lowest BCUT2D eigenvalue weighted by Gasteiger charge is -2.33. The van der Waals surface area contributed by atoms with Crippen LogP contribution in [0, 0.1) is 6.92 Å².